The number of aryl methyl sites for hydroxylation is 1. The predicted molar refractivity (Wildman–Crippen MR) is 73.7 cm³/mol. The Morgan fingerprint density at radius 3 is 2.95 bits per heavy atom. The Kier molecular flexibility index (Phi) is 2.83. The van der Waals surface area contributed by atoms with Crippen LogP contribution in [0, 0.1) is 0 Å². The van der Waals surface area contributed by atoms with Crippen molar-refractivity contribution in [3.8, 4) is 10.4 Å². The molecule has 4 nitrogen and oxygen atoms in total. The second kappa shape index (κ2) is 4.51. The molecule has 2 aromatic heterocycles. The summed E-state index contributed by atoms with van der Waals surface area (Å²) in [4.78, 5) is 16.1. The number of nitrogens with zero attached hydrogens (tertiary/aromatic N) is 1. The van der Waals surface area contributed by atoms with E-state index >= 15 is 0 Å². The molecule has 0 aliphatic rings. The Hall–Kier alpha value is -2.14. The molecule has 96 valence electrons. The van der Waals surface area contributed by atoms with Crippen molar-refractivity contribution < 1.29 is 14.3 Å². The first-order valence-electron chi connectivity index (χ1n) is 5.90. The van der Waals surface area contributed by atoms with E-state index in [2.05, 4.69) is 4.98 Å². The molecule has 5 heteroatoms. The van der Waals surface area contributed by atoms with Gasteiger partial charge in [0.2, 0.25) is 0 Å². The highest BCUT2D eigenvalue weighted by molar-refractivity contribution is 7.15. The Morgan fingerprint density at radius 2 is 2.21 bits per heavy atom. The molecule has 0 aliphatic heterocycles. The zero-order valence-corrected chi connectivity index (χ0v) is 11.0. The summed E-state index contributed by atoms with van der Waals surface area (Å²) in [6.45, 7) is 1.96. The van der Waals surface area contributed by atoms with Crippen molar-refractivity contribution in [3.63, 3.8) is 0 Å². The molecular formula is C14H11NO3S. The van der Waals surface area contributed by atoms with E-state index in [1.54, 1.807) is 6.26 Å². The van der Waals surface area contributed by atoms with Crippen LogP contribution in [-0.4, -0.2) is 16.1 Å². The number of carboxylic acids is 1. The Morgan fingerprint density at radius 1 is 1.42 bits per heavy atom. The number of carboxylic acid groups (broad SMARTS) is 1. The number of carbonyl (C=O) groups is 1. The summed E-state index contributed by atoms with van der Waals surface area (Å²) >= 11 is 1.41. The fourth-order valence-corrected chi connectivity index (χ4v) is 3.01. The number of furan rings is 1. The van der Waals surface area contributed by atoms with Crippen LogP contribution in [0.4, 0.5) is 0 Å². The van der Waals surface area contributed by atoms with Crippen molar-refractivity contribution in [1.29, 1.82) is 0 Å². The van der Waals surface area contributed by atoms with Crippen LogP contribution < -0.4 is 0 Å². The smallest absolute Gasteiger partial charge is 0.356 e. The van der Waals surface area contributed by atoms with Gasteiger partial charge in [-0.1, -0.05) is 25.1 Å². The fourth-order valence-electron chi connectivity index (χ4n) is 2.00. The quantitative estimate of drug-likeness (QED) is 0.788. The van der Waals surface area contributed by atoms with E-state index in [9.17, 15) is 9.90 Å². The Balaban J connectivity index is 2.26. The Labute approximate surface area is 113 Å². The average molecular weight is 273 g/mol. The van der Waals surface area contributed by atoms with Gasteiger partial charge >= 0.3 is 5.97 Å². The number of rotatable bonds is 3. The molecule has 0 saturated heterocycles. The molecule has 0 bridgehead atoms. The molecule has 1 aromatic carbocycles. The topological polar surface area (TPSA) is 63.3 Å². The SMILES string of the molecule is CCc1nc(C(=O)O)c(-c2coc3ccccc23)s1. The molecule has 1 N–H and O–H groups in total. The van der Waals surface area contributed by atoms with Crippen LogP contribution in [0.25, 0.3) is 21.4 Å². The van der Waals surface area contributed by atoms with Crippen molar-refractivity contribution in [3.05, 3.63) is 41.2 Å². The van der Waals surface area contributed by atoms with E-state index in [4.69, 9.17) is 4.42 Å². The molecule has 0 radical (unpaired) electrons. The minimum Gasteiger partial charge on any atom is -0.476 e. The lowest BCUT2D eigenvalue weighted by molar-refractivity contribution is 0.0692. The maximum Gasteiger partial charge on any atom is 0.356 e. The standard InChI is InChI=1S/C14H11NO3S/c1-2-11-15-12(14(16)17)13(19-11)9-7-18-10-6-4-3-5-8(9)10/h3-7H,2H2,1H3,(H,16,17). The first-order chi connectivity index (χ1) is 9.20. The molecular weight excluding hydrogens is 262 g/mol. The van der Waals surface area contributed by atoms with E-state index in [-0.39, 0.29) is 5.69 Å². The second-order valence-electron chi connectivity index (χ2n) is 4.09. The summed E-state index contributed by atoms with van der Waals surface area (Å²) in [6, 6.07) is 7.58. The second-order valence-corrected chi connectivity index (χ2v) is 5.17. The van der Waals surface area contributed by atoms with E-state index in [1.807, 2.05) is 31.2 Å². The Bertz CT molecular complexity index is 757. The largest absolute Gasteiger partial charge is 0.476 e. The predicted octanol–water partition coefficient (Wildman–Crippen LogP) is 3.82. The molecule has 3 aromatic rings. The molecule has 3 rings (SSSR count). The zero-order valence-electron chi connectivity index (χ0n) is 10.2. The van der Waals surface area contributed by atoms with Crippen LogP contribution >= 0.6 is 11.3 Å². The number of fused-ring (bicyclic) bond motifs is 1. The van der Waals surface area contributed by atoms with Crippen LogP contribution in [0.1, 0.15) is 22.4 Å². The minimum atomic E-state index is -1.00. The highest BCUT2D eigenvalue weighted by Gasteiger charge is 2.21. The number of thiazole rings is 1. The number of hydrogen-bond acceptors (Lipinski definition) is 4. The van der Waals surface area contributed by atoms with Crippen molar-refractivity contribution >= 4 is 28.3 Å². The van der Waals surface area contributed by atoms with E-state index in [0.29, 0.717) is 4.88 Å². The average Bonchev–Trinajstić information content (AvgIpc) is 3.02. The third-order valence-corrected chi connectivity index (χ3v) is 4.14. The van der Waals surface area contributed by atoms with Gasteiger partial charge in [0.15, 0.2) is 5.69 Å². The first-order valence-corrected chi connectivity index (χ1v) is 6.72. The third-order valence-electron chi connectivity index (χ3n) is 2.90. The number of benzene rings is 1. The normalized spacial score (nSPS) is 11.0. The van der Waals surface area contributed by atoms with Crippen molar-refractivity contribution in [2.75, 3.05) is 0 Å². The summed E-state index contributed by atoms with van der Waals surface area (Å²) in [6.07, 6.45) is 2.32. The number of aromatic carboxylic acids is 1. The van der Waals surface area contributed by atoms with Gasteiger partial charge in [-0.05, 0) is 12.5 Å². The molecule has 0 atom stereocenters. The van der Waals surface area contributed by atoms with Gasteiger partial charge in [0.1, 0.15) is 11.8 Å². The molecule has 0 fully saturated rings. The molecule has 0 aliphatic carbocycles. The fraction of sp³-hybridized carbons (Fsp3) is 0.143. The lowest BCUT2D eigenvalue weighted by atomic mass is 10.1. The maximum absolute atomic E-state index is 11.3. The van der Waals surface area contributed by atoms with Gasteiger partial charge in [0, 0.05) is 10.9 Å². The van der Waals surface area contributed by atoms with Gasteiger partial charge in [-0.2, -0.15) is 0 Å². The minimum absolute atomic E-state index is 0.105. The summed E-state index contributed by atoms with van der Waals surface area (Å²) < 4.78 is 5.47. The summed E-state index contributed by atoms with van der Waals surface area (Å²) in [5, 5.41) is 11.0. The highest BCUT2D eigenvalue weighted by atomic mass is 32.1. The zero-order chi connectivity index (χ0) is 13.4. The summed E-state index contributed by atoms with van der Waals surface area (Å²) in [5.74, 6) is -1.00. The van der Waals surface area contributed by atoms with Crippen LogP contribution in [-0.2, 0) is 6.42 Å². The number of hydrogen-bond donors (Lipinski definition) is 1. The molecule has 19 heavy (non-hydrogen) atoms. The lowest BCUT2D eigenvalue weighted by Crippen LogP contribution is -1.98. The third kappa shape index (κ3) is 1.92. The van der Waals surface area contributed by atoms with Crippen LogP contribution in [0.3, 0.4) is 0 Å². The van der Waals surface area contributed by atoms with Gasteiger partial charge in [0.05, 0.1) is 9.88 Å². The summed E-state index contributed by atoms with van der Waals surface area (Å²) in [7, 11) is 0. The van der Waals surface area contributed by atoms with Crippen molar-refractivity contribution in [2.45, 2.75) is 13.3 Å². The molecule has 0 spiro atoms. The van der Waals surface area contributed by atoms with Gasteiger partial charge in [0.25, 0.3) is 0 Å². The number of para-hydroxylation sites is 1. The van der Waals surface area contributed by atoms with Crippen LogP contribution in [0.15, 0.2) is 34.9 Å². The first kappa shape index (κ1) is 11.9. The molecule has 2 heterocycles. The van der Waals surface area contributed by atoms with Gasteiger partial charge < -0.3 is 9.52 Å². The van der Waals surface area contributed by atoms with E-state index in [1.165, 1.54) is 11.3 Å². The molecule has 0 unspecified atom stereocenters. The van der Waals surface area contributed by atoms with E-state index in [0.717, 1.165) is 28.0 Å². The summed E-state index contributed by atoms with van der Waals surface area (Å²) in [5.41, 5.74) is 1.65. The number of aromatic nitrogens is 1. The van der Waals surface area contributed by atoms with E-state index < -0.39 is 5.97 Å². The van der Waals surface area contributed by atoms with Gasteiger partial charge in [-0.25, -0.2) is 9.78 Å². The van der Waals surface area contributed by atoms with Crippen molar-refractivity contribution in [2.24, 2.45) is 0 Å². The van der Waals surface area contributed by atoms with Gasteiger partial charge in [-0.3, -0.25) is 0 Å². The van der Waals surface area contributed by atoms with Crippen LogP contribution in [0.5, 0.6) is 0 Å². The monoisotopic (exact) mass is 273 g/mol. The van der Waals surface area contributed by atoms with Crippen molar-refractivity contribution in [1.82, 2.24) is 4.98 Å². The molecule has 0 amide bonds. The molecule has 0 saturated carbocycles. The maximum atomic E-state index is 11.3. The van der Waals surface area contributed by atoms with Gasteiger partial charge in [-0.15, -0.1) is 11.3 Å². The van der Waals surface area contributed by atoms with Crippen LogP contribution in [0.2, 0.25) is 0 Å². The lowest BCUT2D eigenvalue weighted by Gasteiger charge is -1.95. The highest BCUT2D eigenvalue weighted by Crippen LogP contribution is 2.36.